The van der Waals surface area contributed by atoms with Gasteiger partial charge in [-0.1, -0.05) is 0 Å². The molecular weight excluding hydrogens is 210 g/mol. The third kappa shape index (κ3) is 1.33. The normalized spacial score (nSPS) is 17.6. The molecule has 68 valence electrons. The number of hydrogen-bond acceptors (Lipinski definition) is 5. The minimum Gasteiger partial charge on any atom is -0.269 e. The molecule has 0 bridgehead atoms. The zero-order valence-corrected chi connectivity index (χ0v) is 7.09. The van der Waals surface area contributed by atoms with Gasteiger partial charge in [-0.2, -0.15) is 16.8 Å². The Kier molecular flexibility index (Phi) is 1.94. The molecule has 0 aliphatic carbocycles. The first-order valence-electron chi connectivity index (χ1n) is 2.58. The van der Waals surface area contributed by atoms with Crippen molar-refractivity contribution in [2.24, 2.45) is 0 Å². The Balaban J connectivity index is 3.05. The lowest BCUT2D eigenvalue weighted by Crippen LogP contribution is -2.55. The van der Waals surface area contributed by atoms with E-state index in [1.165, 1.54) is 0 Å². The lowest BCUT2D eigenvalue weighted by Gasteiger charge is -2.25. The summed E-state index contributed by atoms with van der Waals surface area (Å²) in [6, 6.07) is 0. The van der Waals surface area contributed by atoms with Crippen LogP contribution in [-0.4, -0.2) is 43.0 Å². The number of β-lactam (4-membered cyclic amide) rings is 1. The number of carbonyl (C=O) groups is 1. The first-order chi connectivity index (χ1) is 5.34. The van der Waals surface area contributed by atoms with Crippen LogP contribution in [0.15, 0.2) is 0 Å². The molecule has 12 heavy (non-hydrogen) atoms. The van der Waals surface area contributed by atoms with Gasteiger partial charge in [-0.05, 0) is 0 Å². The molecule has 0 atom stereocenters. The van der Waals surface area contributed by atoms with Crippen molar-refractivity contribution >= 4 is 31.4 Å². The van der Waals surface area contributed by atoms with E-state index in [0.29, 0.717) is 0 Å². The van der Waals surface area contributed by atoms with E-state index in [0.717, 1.165) is 0 Å². The summed E-state index contributed by atoms with van der Waals surface area (Å²) in [5, 5.41) is 0. The lowest BCUT2D eigenvalue weighted by atomic mass is 10.3. The molecule has 1 saturated heterocycles. The molecule has 0 aromatic rings. The smallest absolute Gasteiger partial charge is 0.269 e. The Hall–Kier alpha value is -0.930. The molecule has 1 heterocycles. The van der Waals surface area contributed by atoms with Gasteiger partial charge in [0, 0.05) is 0 Å². The Bertz CT molecular complexity index is 447. The number of hydrogen-bond donors (Lipinski definition) is 1. The maximum atomic E-state index is 10.6. The molecule has 0 aromatic heterocycles. The van der Waals surface area contributed by atoms with Crippen LogP contribution in [-0.2, 0) is 25.4 Å². The van der Waals surface area contributed by atoms with Crippen molar-refractivity contribution in [3.8, 4) is 0 Å². The number of nitrogens with zero attached hydrogens (tertiary/aromatic N) is 1. The largest absolute Gasteiger partial charge is 0.362 e. The summed E-state index contributed by atoms with van der Waals surface area (Å²) in [5.41, 5.74) is 0. The van der Waals surface area contributed by atoms with Crippen LogP contribution in [0.4, 0.5) is 0 Å². The topological polar surface area (TPSA) is 109 Å². The molecule has 1 rings (SSSR count). The van der Waals surface area contributed by atoms with E-state index in [1.54, 1.807) is 0 Å². The summed E-state index contributed by atoms with van der Waals surface area (Å²) in [6.07, 6.45) is 0. The Morgan fingerprint density at radius 1 is 1.42 bits per heavy atom. The van der Waals surface area contributed by atoms with Crippen LogP contribution < -0.4 is 0 Å². The molecule has 7 nitrogen and oxygen atoms in total. The van der Waals surface area contributed by atoms with Gasteiger partial charge in [0.15, 0.2) is 4.86 Å². The third-order valence-corrected chi connectivity index (χ3v) is 2.79. The summed E-state index contributed by atoms with van der Waals surface area (Å²) in [4.78, 5) is 10.1. The maximum Gasteiger partial charge on any atom is 0.362 e. The quantitative estimate of drug-likeness (QED) is 0.297. The first kappa shape index (κ1) is 9.16. The Morgan fingerprint density at radius 3 is 2.17 bits per heavy atom. The second kappa shape index (κ2) is 2.54. The summed E-state index contributed by atoms with van der Waals surface area (Å²) in [5.74, 6) is -1.20. The minimum atomic E-state index is -4.59. The molecule has 1 aliphatic heterocycles. The van der Waals surface area contributed by atoms with E-state index >= 15 is 0 Å². The van der Waals surface area contributed by atoms with Crippen molar-refractivity contribution in [3.63, 3.8) is 0 Å². The Morgan fingerprint density at radius 2 is 1.92 bits per heavy atom. The van der Waals surface area contributed by atoms with Crippen molar-refractivity contribution in [2.45, 2.75) is 0 Å². The highest BCUT2D eigenvalue weighted by atomic mass is 32.2. The highest BCUT2D eigenvalue weighted by Gasteiger charge is 2.41. The summed E-state index contributed by atoms with van der Waals surface area (Å²) in [7, 11) is -7.30. The fraction of sp³-hybridized carbons (Fsp3) is 0.333. The van der Waals surface area contributed by atoms with Crippen LogP contribution in [0.5, 0.6) is 0 Å². The standard InChI is InChI=1S/C3H3NO6S2/c5-3-2(11(6)7)1-4(3)12(8,9)10/h1H2,(H,8,9,10). The predicted molar refractivity (Wildman–Crippen MR) is 37.2 cm³/mol. The van der Waals surface area contributed by atoms with Gasteiger partial charge in [0.1, 0.15) is 0 Å². The van der Waals surface area contributed by atoms with Crippen LogP contribution in [0.2, 0.25) is 0 Å². The number of carbonyl (C=O) groups excluding carboxylic acids is 1. The summed E-state index contributed by atoms with van der Waals surface area (Å²) < 4.78 is 49.0. The van der Waals surface area contributed by atoms with E-state index in [-0.39, 0.29) is 4.31 Å². The van der Waals surface area contributed by atoms with Gasteiger partial charge >= 0.3 is 10.3 Å². The van der Waals surface area contributed by atoms with E-state index in [4.69, 9.17) is 4.55 Å². The average molecular weight is 213 g/mol. The van der Waals surface area contributed by atoms with Crippen LogP contribution in [0.1, 0.15) is 0 Å². The first-order valence-corrected chi connectivity index (χ1v) is 5.06. The van der Waals surface area contributed by atoms with Gasteiger partial charge in [0.05, 0.1) is 6.54 Å². The molecule has 9 heteroatoms. The fourth-order valence-corrected chi connectivity index (χ4v) is 1.87. The molecular formula is C3H3NO6S2. The second-order valence-corrected chi connectivity index (χ2v) is 4.25. The van der Waals surface area contributed by atoms with Gasteiger partial charge in [0.2, 0.25) is 10.3 Å². The van der Waals surface area contributed by atoms with E-state index in [2.05, 4.69) is 0 Å². The molecule has 1 fully saturated rings. The van der Waals surface area contributed by atoms with Gasteiger partial charge in [-0.3, -0.25) is 9.35 Å². The zero-order valence-electron chi connectivity index (χ0n) is 5.46. The van der Waals surface area contributed by atoms with Crippen LogP contribution >= 0.6 is 0 Å². The average Bonchev–Trinajstić information content (AvgIpc) is 1.80. The monoisotopic (exact) mass is 213 g/mol. The van der Waals surface area contributed by atoms with Crippen LogP contribution in [0, 0.1) is 0 Å². The minimum absolute atomic E-state index is 0.0537. The SMILES string of the molecule is O=C1C(=S(=O)=O)CN1S(=O)(=O)O. The van der Waals surface area contributed by atoms with Gasteiger partial charge in [-0.25, -0.2) is 4.31 Å². The molecule has 0 saturated carbocycles. The summed E-state index contributed by atoms with van der Waals surface area (Å²) in [6.45, 7) is -0.590. The summed E-state index contributed by atoms with van der Waals surface area (Å²) >= 11 is 0. The fourth-order valence-electron chi connectivity index (χ4n) is 0.628. The second-order valence-electron chi connectivity index (χ2n) is 1.95. The maximum absolute atomic E-state index is 10.6. The molecule has 0 unspecified atom stereocenters. The van der Waals surface area contributed by atoms with Gasteiger partial charge in [-0.15, -0.1) is 0 Å². The highest BCUT2D eigenvalue weighted by Crippen LogP contribution is 2.09. The molecule has 1 amide bonds. The number of rotatable bonds is 1. The van der Waals surface area contributed by atoms with E-state index in [9.17, 15) is 21.6 Å². The molecule has 1 N–H and O–H groups in total. The number of amides is 1. The van der Waals surface area contributed by atoms with Crippen molar-refractivity contribution < 1.29 is 26.2 Å². The van der Waals surface area contributed by atoms with Crippen molar-refractivity contribution in [3.05, 3.63) is 0 Å². The van der Waals surface area contributed by atoms with Crippen molar-refractivity contribution in [2.75, 3.05) is 6.54 Å². The van der Waals surface area contributed by atoms with Crippen molar-refractivity contribution in [1.82, 2.24) is 4.31 Å². The van der Waals surface area contributed by atoms with E-state index in [1.807, 2.05) is 0 Å². The molecule has 0 radical (unpaired) electrons. The predicted octanol–water partition coefficient (Wildman–Crippen LogP) is -2.32. The molecule has 0 spiro atoms. The van der Waals surface area contributed by atoms with Crippen molar-refractivity contribution in [1.29, 1.82) is 0 Å². The van der Waals surface area contributed by atoms with Crippen LogP contribution in [0.3, 0.4) is 0 Å². The van der Waals surface area contributed by atoms with Gasteiger partial charge in [0.25, 0.3) is 5.91 Å². The lowest BCUT2D eigenvalue weighted by molar-refractivity contribution is -0.122. The molecule has 0 aromatic carbocycles. The van der Waals surface area contributed by atoms with E-state index < -0.39 is 37.9 Å². The zero-order chi connectivity index (χ0) is 9.52. The highest BCUT2D eigenvalue weighted by molar-refractivity contribution is 7.85. The third-order valence-electron chi connectivity index (χ3n) is 1.23. The Labute approximate surface area is 69.0 Å². The van der Waals surface area contributed by atoms with Gasteiger partial charge < -0.3 is 0 Å². The molecule has 1 aliphatic rings. The van der Waals surface area contributed by atoms with Crippen LogP contribution in [0.25, 0.3) is 0 Å².